The van der Waals surface area contributed by atoms with Crippen LogP contribution in [-0.2, 0) is 9.53 Å². The van der Waals surface area contributed by atoms with Gasteiger partial charge in [-0.3, -0.25) is 4.79 Å². The van der Waals surface area contributed by atoms with E-state index in [0.717, 1.165) is 12.8 Å². The average molecular weight is 493 g/mol. The molecule has 35 heavy (non-hydrogen) atoms. The summed E-state index contributed by atoms with van der Waals surface area (Å²) in [4.78, 5) is 24.5. The number of nitrogens with one attached hydrogen (secondary N) is 2. The number of anilines is 1. The molecule has 7 heteroatoms. The van der Waals surface area contributed by atoms with Gasteiger partial charge in [0.2, 0.25) is 5.91 Å². The van der Waals surface area contributed by atoms with Gasteiger partial charge in [-0.25, -0.2) is 4.79 Å². The maximum atomic E-state index is 12.6. The molecule has 1 unspecified atom stereocenters. The Morgan fingerprint density at radius 3 is 1.97 bits per heavy atom. The number of aliphatic hydroxyl groups is 1. The van der Waals surface area contributed by atoms with Crippen LogP contribution in [0.25, 0.3) is 0 Å². The van der Waals surface area contributed by atoms with Crippen molar-refractivity contribution in [2.45, 2.75) is 116 Å². The monoisotopic (exact) mass is 492 g/mol. The second-order valence-corrected chi connectivity index (χ2v) is 10.1. The van der Waals surface area contributed by atoms with Gasteiger partial charge >= 0.3 is 6.09 Å². The summed E-state index contributed by atoms with van der Waals surface area (Å²) in [5, 5.41) is 14.7. The zero-order valence-corrected chi connectivity index (χ0v) is 22.4. The summed E-state index contributed by atoms with van der Waals surface area (Å²) >= 11 is 0. The lowest BCUT2D eigenvalue weighted by molar-refractivity contribution is -0.119. The number of unbranched alkanes of at least 4 members (excludes halogenated alkanes) is 11. The van der Waals surface area contributed by atoms with Crippen LogP contribution in [0.15, 0.2) is 24.3 Å². The van der Waals surface area contributed by atoms with E-state index >= 15 is 0 Å². The number of rotatable bonds is 18. The summed E-state index contributed by atoms with van der Waals surface area (Å²) in [6.45, 7) is 7.46. The van der Waals surface area contributed by atoms with Gasteiger partial charge in [0, 0.05) is 0 Å². The fraction of sp³-hybridized carbons (Fsp3) is 0.714. The minimum Gasteiger partial charge on any atom is -0.491 e. The van der Waals surface area contributed by atoms with Gasteiger partial charge in [0.25, 0.3) is 0 Å². The van der Waals surface area contributed by atoms with Crippen molar-refractivity contribution in [1.82, 2.24) is 5.32 Å². The number of hydrogen-bond acceptors (Lipinski definition) is 5. The molecule has 1 rings (SSSR count). The molecule has 0 heterocycles. The van der Waals surface area contributed by atoms with Crippen LogP contribution in [0.4, 0.5) is 10.5 Å². The second-order valence-electron chi connectivity index (χ2n) is 10.1. The number of amides is 2. The molecule has 0 aliphatic carbocycles. The average Bonchev–Trinajstić information content (AvgIpc) is 2.80. The topological polar surface area (TPSA) is 96.9 Å². The smallest absolute Gasteiger partial charge is 0.408 e. The quantitative estimate of drug-likeness (QED) is 0.201. The van der Waals surface area contributed by atoms with Crippen molar-refractivity contribution in [3.05, 3.63) is 24.3 Å². The molecular weight excluding hydrogens is 444 g/mol. The molecule has 0 saturated carbocycles. The van der Waals surface area contributed by atoms with Gasteiger partial charge in [-0.15, -0.1) is 0 Å². The third-order valence-corrected chi connectivity index (χ3v) is 5.59. The van der Waals surface area contributed by atoms with E-state index in [9.17, 15) is 14.7 Å². The second kappa shape index (κ2) is 18.1. The molecule has 1 aromatic carbocycles. The summed E-state index contributed by atoms with van der Waals surface area (Å²) in [6, 6.07) is 6.04. The third-order valence-electron chi connectivity index (χ3n) is 5.59. The molecule has 0 spiro atoms. The highest BCUT2D eigenvalue weighted by atomic mass is 16.6. The van der Waals surface area contributed by atoms with Crippen LogP contribution in [0, 0.1) is 0 Å². The Balaban J connectivity index is 2.30. The van der Waals surface area contributed by atoms with E-state index in [1.807, 2.05) is 6.07 Å². The molecule has 0 fully saturated rings. The number of alkyl carbamates (subject to hydrolysis) is 1. The van der Waals surface area contributed by atoms with Crippen LogP contribution in [-0.4, -0.2) is 42.0 Å². The number of aliphatic hydroxyl groups excluding tert-OH is 1. The Morgan fingerprint density at radius 1 is 0.886 bits per heavy atom. The van der Waals surface area contributed by atoms with Crippen molar-refractivity contribution in [3.63, 3.8) is 0 Å². The van der Waals surface area contributed by atoms with E-state index in [4.69, 9.17) is 9.47 Å². The van der Waals surface area contributed by atoms with E-state index < -0.39 is 30.3 Å². The predicted molar refractivity (Wildman–Crippen MR) is 142 cm³/mol. The van der Waals surface area contributed by atoms with Crippen molar-refractivity contribution < 1.29 is 24.2 Å². The highest BCUT2D eigenvalue weighted by Crippen LogP contribution is 2.24. The first kappa shape index (κ1) is 30.8. The molecule has 2 amide bonds. The fourth-order valence-corrected chi connectivity index (χ4v) is 3.68. The Morgan fingerprint density at radius 2 is 1.43 bits per heavy atom. The lowest BCUT2D eigenvalue weighted by Crippen LogP contribution is -2.47. The summed E-state index contributed by atoms with van der Waals surface area (Å²) in [5.74, 6) is 0.0256. The fourth-order valence-electron chi connectivity index (χ4n) is 3.68. The lowest BCUT2D eigenvalue weighted by atomic mass is 10.1. The molecule has 0 radical (unpaired) electrons. The maximum Gasteiger partial charge on any atom is 0.408 e. The molecule has 0 bridgehead atoms. The maximum absolute atomic E-state index is 12.6. The van der Waals surface area contributed by atoms with E-state index in [1.54, 1.807) is 39.0 Å². The standard InChI is InChI=1S/C28H48N2O5/c1-5-6-7-8-9-10-11-12-13-14-15-18-21-34-25-20-17-16-19-23(25)29-26(32)24(22-31)30-27(33)35-28(2,3)4/h16-17,19-20,24,31H,5-15,18,21-22H2,1-4H3,(H,29,32)(H,30,33). The molecule has 0 saturated heterocycles. The number of benzene rings is 1. The number of hydrogen-bond donors (Lipinski definition) is 3. The summed E-state index contributed by atoms with van der Waals surface area (Å²) in [6.07, 6.45) is 14.6. The Bertz CT molecular complexity index is 718. The first-order valence-electron chi connectivity index (χ1n) is 13.4. The minimum absolute atomic E-state index is 0.501. The molecule has 1 aromatic rings. The molecule has 3 N–H and O–H groups in total. The Kier molecular flexibility index (Phi) is 15.9. The predicted octanol–water partition coefficient (Wildman–Crippen LogP) is 6.59. The van der Waals surface area contributed by atoms with Crippen molar-refractivity contribution >= 4 is 17.7 Å². The number of ether oxygens (including phenoxy) is 2. The van der Waals surface area contributed by atoms with Crippen molar-refractivity contribution in [1.29, 1.82) is 0 Å². The van der Waals surface area contributed by atoms with Gasteiger partial charge in [0.15, 0.2) is 0 Å². The van der Waals surface area contributed by atoms with Gasteiger partial charge in [0.05, 0.1) is 18.9 Å². The van der Waals surface area contributed by atoms with Crippen LogP contribution in [0.1, 0.15) is 105 Å². The van der Waals surface area contributed by atoms with Crippen LogP contribution in [0.2, 0.25) is 0 Å². The van der Waals surface area contributed by atoms with Crippen LogP contribution in [0.5, 0.6) is 5.75 Å². The van der Waals surface area contributed by atoms with E-state index in [1.165, 1.54) is 64.2 Å². The van der Waals surface area contributed by atoms with Crippen LogP contribution >= 0.6 is 0 Å². The molecule has 0 aliphatic heterocycles. The van der Waals surface area contributed by atoms with Crippen LogP contribution < -0.4 is 15.4 Å². The molecule has 7 nitrogen and oxygen atoms in total. The summed E-state index contributed by atoms with van der Waals surface area (Å²) < 4.78 is 11.1. The van der Waals surface area contributed by atoms with E-state index in [0.29, 0.717) is 18.0 Å². The summed E-state index contributed by atoms with van der Waals surface area (Å²) in [7, 11) is 0. The molecule has 200 valence electrons. The first-order chi connectivity index (χ1) is 16.8. The van der Waals surface area contributed by atoms with Gasteiger partial charge in [-0.05, 0) is 39.3 Å². The highest BCUT2D eigenvalue weighted by molar-refractivity contribution is 5.97. The lowest BCUT2D eigenvalue weighted by Gasteiger charge is -2.22. The highest BCUT2D eigenvalue weighted by Gasteiger charge is 2.24. The number of para-hydroxylation sites is 2. The van der Waals surface area contributed by atoms with E-state index in [2.05, 4.69) is 17.6 Å². The largest absolute Gasteiger partial charge is 0.491 e. The molecule has 0 aromatic heterocycles. The van der Waals surface area contributed by atoms with Gasteiger partial charge in [0.1, 0.15) is 17.4 Å². The number of carbonyl (C=O) groups is 2. The first-order valence-corrected chi connectivity index (χ1v) is 13.4. The van der Waals surface area contributed by atoms with Gasteiger partial charge in [-0.1, -0.05) is 89.7 Å². The van der Waals surface area contributed by atoms with Crippen molar-refractivity contribution in [3.8, 4) is 5.75 Å². The molecule has 0 aliphatic rings. The molecular formula is C28H48N2O5. The minimum atomic E-state index is -1.13. The number of carbonyl (C=O) groups excluding carboxylic acids is 2. The van der Waals surface area contributed by atoms with Gasteiger partial charge < -0.3 is 25.2 Å². The van der Waals surface area contributed by atoms with Gasteiger partial charge in [-0.2, -0.15) is 0 Å². The Hall–Kier alpha value is -2.28. The normalized spacial score (nSPS) is 12.1. The van der Waals surface area contributed by atoms with Crippen molar-refractivity contribution in [2.75, 3.05) is 18.5 Å². The Labute approximate surface area is 212 Å². The third kappa shape index (κ3) is 15.4. The SMILES string of the molecule is CCCCCCCCCCCCCCOc1ccccc1NC(=O)C(CO)NC(=O)OC(C)(C)C. The van der Waals surface area contributed by atoms with Crippen molar-refractivity contribution in [2.24, 2.45) is 0 Å². The molecule has 1 atom stereocenters. The summed E-state index contributed by atoms with van der Waals surface area (Å²) in [5.41, 5.74) is -0.199. The zero-order chi connectivity index (χ0) is 25.9. The zero-order valence-electron chi connectivity index (χ0n) is 22.4. The van der Waals surface area contributed by atoms with E-state index in [-0.39, 0.29) is 0 Å². The van der Waals surface area contributed by atoms with Crippen LogP contribution in [0.3, 0.4) is 0 Å².